The molecule has 0 aliphatic carbocycles. The maximum atomic E-state index is 13.1. The van der Waals surface area contributed by atoms with Gasteiger partial charge in [0, 0.05) is 29.4 Å². The smallest absolute Gasteiger partial charge is 0.282 e. The van der Waals surface area contributed by atoms with Crippen molar-refractivity contribution in [2.45, 2.75) is 42.2 Å². The molecule has 0 bridgehead atoms. The summed E-state index contributed by atoms with van der Waals surface area (Å²) in [6, 6.07) is 11.1. The number of pyridine rings is 1. The van der Waals surface area contributed by atoms with Crippen LogP contribution in [0.25, 0.3) is 11.0 Å². The summed E-state index contributed by atoms with van der Waals surface area (Å²) in [5.41, 5.74) is 1.83. The first-order valence-corrected chi connectivity index (χ1v) is 14.3. The molecule has 1 aromatic carbocycles. The molecule has 3 aromatic heterocycles. The lowest BCUT2D eigenvalue weighted by Gasteiger charge is -2.14. The maximum Gasteiger partial charge on any atom is 0.282 e. The fourth-order valence-electron chi connectivity index (χ4n) is 4.40. The number of fused-ring (bicyclic) bond motifs is 1. The van der Waals surface area contributed by atoms with Gasteiger partial charge in [-0.05, 0) is 73.1 Å². The van der Waals surface area contributed by atoms with Gasteiger partial charge in [0.05, 0.1) is 11.8 Å². The molecule has 4 heterocycles. The molecule has 0 amide bonds. The second kappa shape index (κ2) is 10.1. The second-order valence-electron chi connectivity index (χ2n) is 9.25. The summed E-state index contributed by atoms with van der Waals surface area (Å²) in [5.74, 6) is 0.769. The van der Waals surface area contributed by atoms with Crippen LogP contribution in [0.1, 0.15) is 37.3 Å². The molecule has 1 atom stereocenters. The van der Waals surface area contributed by atoms with E-state index in [0.717, 1.165) is 36.5 Å². The van der Waals surface area contributed by atoms with Gasteiger partial charge in [0.25, 0.3) is 5.56 Å². The number of hydrogen-bond acceptors (Lipinski definition) is 10. The molecule has 1 aliphatic rings. The van der Waals surface area contributed by atoms with Crippen molar-refractivity contribution < 1.29 is 8.42 Å². The van der Waals surface area contributed by atoms with Gasteiger partial charge in [0.1, 0.15) is 9.86 Å². The molecular weight excluding hydrogens is 512 g/mol. The molecule has 1 saturated heterocycles. The fourth-order valence-corrected chi connectivity index (χ4v) is 7.24. The summed E-state index contributed by atoms with van der Waals surface area (Å²) >= 11 is 1.10. The molecule has 1 unspecified atom stereocenters. The van der Waals surface area contributed by atoms with Crippen LogP contribution in [0.5, 0.6) is 0 Å². The van der Waals surface area contributed by atoms with Crippen molar-refractivity contribution in [2.24, 2.45) is 5.18 Å². The van der Waals surface area contributed by atoms with Gasteiger partial charge in [-0.3, -0.25) is 9.36 Å². The molecule has 192 valence electrons. The van der Waals surface area contributed by atoms with Crippen molar-refractivity contribution in [3.05, 3.63) is 74.4 Å². The van der Waals surface area contributed by atoms with Gasteiger partial charge in [0.2, 0.25) is 5.95 Å². The molecular formula is C25H26N6O4S2. The molecule has 0 saturated carbocycles. The average molecular weight is 539 g/mol. The largest absolute Gasteiger partial charge is 0.324 e. The molecule has 10 nitrogen and oxygen atoms in total. The molecule has 2 N–H and O–H groups in total. The number of nitrogens with zero attached hydrogens (tertiary/aromatic N) is 4. The summed E-state index contributed by atoms with van der Waals surface area (Å²) in [4.78, 5) is 33.4. The van der Waals surface area contributed by atoms with Crippen LogP contribution >= 0.6 is 11.3 Å². The number of anilines is 2. The molecule has 5 rings (SSSR count). The lowest BCUT2D eigenvalue weighted by Crippen LogP contribution is -2.23. The third kappa shape index (κ3) is 4.91. The zero-order valence-electron chi connectivity index (χ0n) is 20.3. The number of nitroso groups, excluding NO2 is 1. The maximum absolute atomic E-state index is 13.1. The van der Waals surface area contributed by atoms with Crippen LogP contribution in [0.3, 0.4) is 0 Å². The molecule has 0 spiro atoms. The SMILES string of the molecule is CC(C)S(=O)(=O)c1sccc1Cn1c(=O)c(N=O)cc2cnc(Nc3ccc(C4CCNC4)cc3)nc21. The Morgan fingerprint density at radius 1 is 1.24 bits per heavy atom. The quantitative estimate of drug-likeness (QED) is 0.317. The van der Waals surface area contributed by atoms with Crippen molar-refractivity contribution in [3.8, 4) is 0 Å². The van der Waals surface area contributed by atoms with Crippen molar-refractivity contribution in [3.63, 3.8) is 0 Å². The highest BCUT2D eigenvalue weighted by Gasteiger charge is 2.25. The van der Waals surface area contributed by atoms with Crippen LogP contribution in [0.2, 0.25) is 0 Å². The second-order valence-corrected chi connectivity index (χ2v) is 12.9. The Labute approximate surface area is 217 Å². The Balaban J connectivity index is 1.52. The van der Waals surface area contributed by atoms with Crippen LogP contribution < -0.4 is 16.2 Å². The van der Waals surface area contributed by atoms with Gasteiger partial charge in [-0.25, -0.2) is 13.4 Å². The van der Waals surface area contributed by atoms with Gasteiger partial charge in [-0.2, -0.15) is 4.98 Å². The predicted molar refractivity (Wildman–Crippen MR) is 145 cm³/mol. The Kier molecular flexibility index (Phi) is 6.88. The number of sulfone groups is 1. The normalized spacial score (nSPS) is 15.9. The minimum absolute atomic E-state index is 0.0793. The van der Waals surface area contributed by atoms with Crippen molar-refractivity contribution in [2.75, 3.05) is 18.4 Å². The molecule has 0 radical (unpaired) electrons. The Morgan fingerprint density at radius 2 is 2.03 bits per heavy atom. The number of aromatic nitrogens is 3. The highest BCUT2D eigenvalue weighted by atomic mass is 32.2. The first-order chi connectivity index (χ1) is 17.8. The highest BCUT2D eigenvalue weighted by Crippen LogP contribution is 2.29. The Hall–Kier alpha value is -3.48. The minimum Gasteiger partial charge on any atom is -0.324 e. The van der Waals surface area contributed by atoms with Gasteiger partial charge >= 0.3 is 0 Å². The monoisotopic (exact) mass is 538 g/mol. The topological polar surface area (TPSA) is 135 Å². The van der Waals surface area contributed by atoms with Crippen LogP contribution in [-0.4, -0.2) is 41.3 Å². The van der Waals surface area contributed by atoms with Gasteiger partial charge in [-0.15, -0.1) is 16.2 Å². The number of thiophene rings is 1. The molecule has 4 aromatic rings. The zero-order chi connectivity index (χ0) is 26.2. The Bertz CT molecular complexity index is 1620. The molecule has 1 aliphatic heterocycles. The lowest BCUT2D eigenvalue weighted by molar-refractivity contribution is 0.588. The van der Waals surface area contributed by atoms with Crippen molar-refractivity contribution >= 4 is 49.5 Å². The van der Waals surface area contributed by atoms with E-state index in [1.54, 1.807) is 25.3 Å². The van der Waals surface area contributed by atoms with Crippen LogP contribution in [0.15, 0.2) is 62.2 Å². The van der Waals surface area contributed by atoms with E-state index in [1.807, 2.05) is 12.1 Å². The standard InChI is InChI=1S/C25H26N6O4S2/c1-15(2)37(34,35)24-18(8-10-36-24)14-31-22-19(11-21(30-33)23(31)32)13-27-25(29-22)28-20-5-3-16(4-6-20)17-7-9-26-12-17/h3-6,8,10-11,13,15,17,26H,7,9,12,14H2,1-2H3,(H,27,28,29). The van der Waals surface area contributed by atoms with E-state index in [9.17, 15) is 18.1 Å². The van der Waals surface area contributed by atoms with Gasteiger partial charge < -0.3 is 10.6 Å². The summed E-state index contributed by atoms with van der Waals surface area (Å²) in [6.07, 6.45) is 2.62. The zero-order valence-corrected chi connectivity index (χ0v) is 22.0. The summed E-state index contributed by atoms with van der Waals surface area (Å²) in [6.45, 7) is 5.14. The lowest BCUT2D eigenvalue weighted by atomic mass is 9.98. The first-order valence-electron chi connectivity index (χ1n) is 11.9. The van der Waals surface area contributed by atoms with E-state index in [2.05, 4.69) is 37.9 Å². The summed E-state index contributed by atoms with van der Waals surface area (Å²) < 4.78 is 27.2. The van der Waals surface area contributed by atoms with E-state index in [0.29, 0.717) is 16.9 Å². The number of rotatable bonds is 8. The van der Waals surface area contributed by atoms with E-state index in [1.165, 1.54) is 22.4 Å². The average Bonchev–Trinajstić information content (AvgIpc) is 3.59. The van der Waals surface area contributed by atoms with Crippen LogP contribution in [-0.2, 0) is 16.4 Å². The third-order valence-electron chi connectivity index (χ3n) is 6.52. The third-order valence-corrected chi connectivity index (χ3v) is 10.3. The minimum atomic E-state index is -3.56. The van der Waals surface area contributed by atoms with Crippen LogP contribution in [0.4, 0.5) is 17.3 Å². The molecule has 37 heavy (non-hydrogen) atoms. The van der Waals surface area contributed by atoms with Gasteiger partial charge in [0.15, 0.2) is 15.5 Å². The number of hydrogen-bond donors (Lipinski definition) is 2. The first kappa shape index (κ1) is 25.2. The van der Waals surface area contributed by atoms with Gasteiger partial charge in [-0.1, -0.05) is 12.1 Å². The number of benzene rings is 1. The fraction of sp³-hybridized carbons (Fsp3) is 0.320. The predicted octanol–water partition coefficient (Wildman–Crippen LogP) is 4.30. The van der Waals surface area contributed by atoms with Crippen LogP contribution in [0, 0.1) is 4.91 Å². The van der Waals surface area contributed by atoms with E-state index in [-0.39, 0.29) is 28.0 Å². The molecule has 1 fully saturated rings. The van der Waals surface area contributed by atoms with E-state index >= 15 is 0 Å². The van der Waals surface area contributed by atoms with Crippen molar-refractivity contribution in [1.82, 2.24) is 19.9 Å². The number of nitrogens with one attached hydrogen (secondary N) is 2. The van der Waals surface area contributed by atoms with Crippen molar-refractivity contribution in [1.29, 1.82) is 0 Å². The highest BCUT2D eigenvalue weighted by molar-refractivity contribution is 7.94. The van der Waals surface area contributed by atoms with E-state index in [4.69, 9.17) is 0 Å². The summed E-state index contributed by atoms with van der Waals surface area (Å²) in [5, 5.41) is 10.9. The summed E-state index contributed by atoms with van der Waals surface area (Å²) in [7, 11) is -3.56. The Morgan fingerprint density at radius 3 is 2.70 bits per heavy atom. The molecule has 12 heteroatoms. The van der Waals surface area contributed by atoms with E-state index < -0.39 is 20.6 Å².